The van der Waals surface area contributed by atoms with Gasteiger partial charge in [-0.3, -0.25) is 38.7 Å². The predicted molar refractivity (Wildman–Crippen MR) is 228 cm³/mol. The molecule has 3 rings (SSSR count). The summed E-state index contributed by atoms with van der Waals surface area (Å²) in [5.41, 5.74) is 29.5. The molecular formula is C42H56FN11O6. The topological polar surface area (TPSA) is 297 Å². The number of anilines is 1. The van der Waals surface area contributed by atoms with Crippen LogP contribution in [0.25, 0.3) is 0 Å². The number of halogens is 1. The van der Waals surface area contributed by atoms with Gasteiger partial charge >= 0.3 is 0 Å². The zero-order chi connectivity index (χ0) is 44.5. The number of amides is 5. The Labute approximate surface area is 348 Å². The van der Waals surface area contributed by atoms with E-state index in [1.165, 1.54) is 42.2 Å². The number of carbonyl (C=O) groups excluding carboxylic acids is 6. The predicted octanol–water partition coefficient (Wildman–Crippen LogP) is 1.57. The van der Waals surface area contributed by atoms with Crippen molar-refractivity contribution in [3.63, 3.8) is 0 Å². The first-order valence-electron chi connectivity index (χ1n) is 19.5. The molecule has 0 aliphatic rings. The Balaban J connectivity index is 2.06. The first-order valence-corrected chi connectivity index (χ1v) is 19.5. The lowest BCUT2D eigenvalue weighted by Crippen LogP contribution is -2.59. The third-order valence-electron chi connectivity index (χ3n) is 9.28. The number of guanidine groups is 2. The number of Topliss-reactive ketones (excluding diaryl/α,β-unsaturated/α-hetero) is 1. The number of aliphatic imine (C=N–C) groups is 2. The first kappa shape index (κ1) is 47.5. The zero-order valence-corrected chi connectivity index (χ0v) is 34.3. The molecule has 13 N–H and O–H groups in total. The Kier molecular flexibility index (Phi) is 18.2. The fourth-order valence-electron chi connectivity index (χ4n) is 6.36. The molecule has 322 valence electrons. The van der Waals surface area contributed by atoms with Crippen molar-refractivity contribution < 1.29 is 33.2 Å². The molecule has 0 heterocycles. The molecule has 0 bridgehead atoms. The highest BCUT2D eigenvalue weighted by Crippen LogP contribution is 2.24. The van der Waals surface area contributed by atoms with E-state index in [0.29, 0.717) is 28.8 Å². The van der Waals surface area contributed by atoms with Gasteiger partial charge in [-0.05, 0) is 72.7 Å². The van der Waals surface area contributed by atoms with Crippen LogP contribution in [0.2, 0.25) is 0 Å². The number of nitrogens with zero attached hydrogens (tertiary/aromatic N) is 3. The summed E-state index contributed by atoms with van der Waals surface area (Å²) >= 11 is 0. The smallest absolute Gasteiger partial charge is 0.244 e. The van der Waals surface area contributed by atoms with Crippen molar-refractivity contribution in [2.45, 2.75) is 90.4 Å². The Bertz CT molecular complexity index is 2030. The van der Waals surface area contributed by atoms with Gasteiger partial charge in [-0.25, -0.2) is 9.38 Å². The van der Waals surface area contributed by atoms with E-state index >= 15 is 0 Å². The van der Waals surface area contributed by atoms with Crippen molar-refractivity contribution in [3.8, 4) is 0 Å². The fourth-order valence-corrected chi connectivity index (χ4v) is 6.36. The highest BCUT2D eigenvalue weighted by molar-refractivity contribution is 6.03. The van der Waals surface area contributed by atoms with E-state index < -0.39 is 59.5 Å². The molecule has 17 nitrogen and oxygen atoms in total. The van der Waals surface area contributed by atoms with Gasteiger partial charge in [0.25, 0.3) is 0 Å². The second-order valence-corrected chi connectivity index (χ2v) is 14.6. The number of nitrogens with two attached hydrogens (primary N) is 5. The van der Waals surface area contributed by atoms with E-state index in [1.54, 1.807) is 49.4 Å². The monoisotopic (exact) mass is 829 g/mol. The minimum Gasteiger partial charge on any atom is -0.370 e. The summed E-state index contributed by atoms with van der Waals surface area (Å²) in [4.78, 5) is 90.4. The Hall–Kier alpha value is -6.85. The molecule has 0 spiro atoms. The summed E-state index contributed by atoms with van der Waals surface area (Å²) in [6.07, 6.45) is 0.558. The van der Waals surface area contributed by atoms with Crippen LogP contribution in [0.15, 0.2) is 82.8 Å². The number of rotatable bonds is 22. The molecule has 0 aliphatic carbocycles. The molecule has 0 aliphatic heterocycles. The molecule has 3 aromatic rings. The van der Waals surface area contributed by atoms with Crippen LogP contribution < -0.4 is 49.5 Å². The molecule has 0 saturated carbocycles. The van der Waals surface area contributed by atoms with Crippen LogP contribution in [0.3, 0.4) is 0 Å². The van der Waals surface area contributed by atoms with E-state index in [2.05, 4.69) is 25.9 Å². The Morgan fingerprint density at radius 3 is 1.88 bits per heavy atom. The second-order valence-electron chi connectivity index (χ2n) is 14.6. The van der Waals surface area contributed by atoms with Crippen LogP contribution in [0, 0.1) is 11.7 Å². The van der Waals surface area contributed by atoms with Crippen molar-refractivity contribution in [2.75, 3.05) is 11.4 Å². The summed E-state index contributed by atoms with van der Waals surface area (Å²) in [7, 11) is 0. The summed E-state index contributed by atoms with van der Waals surface area (Å²) in [6.45, 7) is 6.82. The van der Waals surface area contributed by atoms with Crippen molar-refractivity contribution in [1.29, 1.82) is 0 Å². The lowest BCUT2D eigenvalue weighted by atomic mass is 9.98. The number of ketones is 1. The second kappa shape index (κ2) is 22.9. The SMILES string of the molecule is CCC(=O)c1cccc(N(C(C)=O)[C@@H](Cc2ccc(F)cc2)C(=O)N[C@@H](Cc2ccc(N=C(N)N)cc2)C(=O)N[C@@H](CC(C)C)C(=O)N[C@@H](CCCN=C(N)N)C(N)=O)c1. The number of hydrogen-bond acceptors (Lipinski definition) is 8. The Morgan fingerprint density at radius 2 is 1.32 bits per heavy atom. The lowest BCUT2D eigenvalue weighted by Gasteiger charge is -2.32. The largest absolute Gasteiger partial charge is 0.370 e. The number of hydrogen-bond donors (Lipinski definition) is 8. The standard InChI is InChI=1S/C42H56FN11O6/c1-5-36(56)28-8-6-9-31(23-28)54(25(4)55)35(22-27-11-15-29(43)16-12-27)40(60)53-34(21-26-13-17-30(18-14-26)50-42(47)48)39(59)52-33(20-24(2)3)38(58)51-32(37(44)57)10-7-19-49-41(45)46/h6,8-9,11-18,23-24,32-35H,5,7,10,19-22H2,1-4H3,(H2,44,57)(H,51,58)(H,52,59)(H,53,60)(H4,45,46,49)(H4,47,48,50)/t32-,33-,34-,35-/m0/s1. The van der Waals surface area contributed by atoms with Gasteiger partial charge in [0.15, 0.2) is 17.7 Å². The van der Waals surface area contributed by atoms with Crippen LogP contribution in [-0.4, -0.2) is 78.0 Å². The van der Waals surface area contributed by atoms with E-state index in [1.807, 2.05) is 13.8 Å². The van der Waals surface area contributed by atoms with Gasteiger partial charge < -0.3 is 44.6 Å². The van der Waals surface area contributed by atoms with Crippen LogP contribution in [0.4, 0.5) is 15.8 Å². The fraction of sp³-hybridized carbons (Fsp3) is 0.381. The summed E-state index contributed by atoms with van der Waals surface area (Å²) < 4.78 is 14.0. The highest BCUT2D eigenvalue weighted by atomic mass is 19.1. The minimum atomic E-state index is -1.35. The van der Waals surface area contributed by atoms with Crippen molar-refractivity contribution in [2.24, 2.45) is 44.6 Å². The minimum absolute atomic E-state index is 0.103. The van der Waals surface area contributed by atoms with Crippen LogP contribution in [0.1, 0.15) is 74.9 Å². The number of benzene rings is 3. The molecule has 0 unspecified atom stereocenters. The maximum absolute atomic E-state index is 14.6. The molecule has 4 atom stereocenters. The summed E-state index contributed by atoms with van der Waals surface area (Å²) in [5.74, 6) is -4.67. The zero-order valence-electron chi connectivity index (χ0n) is 34.3. The normalized spacial score (nSPS) is 12.8. The maximum Gasteiger partial charge on any atom is 0.244 e. The molecule has 0 radical (unpaired) electrons. The van der Waals surface area contributed by atoms with Gasteiger partial charge in [-0.2, -0.15) is 0 Å². The molecule has 0 fully saturated rings. The molecule has 0 aromatic heterocycles. The number of nitrogens with one attached hydrogen (secondary N) is 3. The lowest BCUT2D eigenvalue weighted by molar-refractivity contribution is -0.134. The van der Waals surface area contributed by atoms with Gasteiger partial charge in [0.2, 0.25) is 29.5 Å². The van der Waals surface area contributed by atoms with E-state index in [4.69, 9.17) is 28.7 Å². The first-order chi connectivity index (χ1) is 28.4. The molecule has 0 saturated heterocycles. The van der Waals surface area contributed by atoms with Gasteiger partial charge in [0.1, 0.15) is 30.0 Å². The Morgan fingerprint density at radius 1 is 0.733 bits per heavy atom. The number of primary amides is 1. The van der Waals surface area contributed by atoms with Crippen molar-refractivity contribution >= 4 is 58.6 Å². The van der Waals surface area contributed by atoms with Crippen LogP contribution in [-0.2, 0) is 36.8 Å². The summed E-state index contributed by atoms with van der Waals surface area (Å²) in [6, 6.07) is 13.3. The third-order valence-corrected chi connectivity index (χ3v) is 9.28. The molecule has 5 amide bonds. The van der Waals surface area contributed by atoms with Crippen molar-refractivity contribution in [3.05, 3.63) is 95.3 Å². The summed E-state index contributed by atoms with van der Waals surface area (Å²) in [5, 5.41) is 8.18. The molecule has 3 aromatic carbocycles. The number of carbonyl (C=O) groups is 6. The van der Waals surface area contributed by atoms with E-state index in [9.17, 15) is 33.2 Å². The van der Waals surface area contributed by atoms with Crippen LogP contribution >= 0.6 is 0 Å². The quantitative estimate of drug-likeness (QED) is 0.0313. The molecule has 18 heteroatoms. The average Bonchev–Trinajstić information content (AvgIpc) is 3.18. The van der Waals surface area contributed by atoms with Gasteiger partial charge in [-0.1, -0.05) is 57.2 Å². The van der Waals surface area contributed by atoms with E-state index in [-0.39, 0.29) is 68.0 Å². The maximum atomic E-state index is 14.6. The molecule has 60 heavy (non-hydrogen) atoms. The molecular weight excluding hydrogens is 774 g/mol. The average molecular weight is 830 g/mol. The van der Waals surface area contributed by atoms with Gasteiger partial charge in [0, 0.05) is 44.0 Å². The highest BCUT2D eigenvalue weighted by Gasteiger charge is 2.35. The third kappa shape index (κ3) is 15.1. The van der Waals surface area contributed by atoms with Crippen LogP contribution in [0.5, 0.6) is 0 Å². The van der Waals surface area contributed by atoms with Gasteiger partial charge in [0.05, 0.1) is 5.69 Å². The van der Waals surface area contributed by atoms with Crippen molar-refractivity contribution in [1.82, 2.24) is 16.0 Å². The van der Waals surface area contributed by atoms with Gasteiger partial charge in [-0.15, -0.1) is 0 Å². The van der Waals surface area contributed by atoms with E-state index in [0.717, 1.165) is 0 Å².